The molecule has 0 aliphatic heterocycles. The first-order chi connectivity index (χ1) is 4.56. The maximum absolute atomic E-state index is 3.34. The molecule has 0 unspecified atom stereocenters. The SMILES string of the molecule is CC(C)(C)CCC=CCBr. The molecule has 0 aromatic rings. The van der Waals surface area contributed by atoms with E-state index in [4.69, 9.17) is 0 Å². The normalized spacial score (nSPS) is 12.8. The van der Waals surface area contributed by atoms with Crippen molar-refractivity contribution in [1.29, 1.82) is 0 Å². The van der Waals surface area contributed by atoms with Gasteiger partial charge >= 0.3 is 0 Å². The molecule has 0 spiro atoms. The second-order valence-electron chi connectivity index (χ2n) is 3.73. The molecule has 0 aliphatic rings. The highest BCUT2D eigenvalue weighted by Crippen LogP contribution is 2.20. The Morgan fingerprint density at radius 3 is 2.20 bits per heavy atom. The van der Waals surface area contributed by atoms with Crippen LogP contribution in [0, 0.1) is 5.41 Å². The molecular weight excluding hydrogens is 188 g/mol. The third-order valence-electron chi connectivity index (χ3n) is 1.32. The first kappa shape index (κ1) is 10.2. The molecule has 0 aromatic heterocycles. The average Bonchev–Trinajstić information content (AvgIpc) is 1.78. The predicted molar refractivity (Wildman–Crippen MR) is 51.6 cm³/mol. The summed E-state index contributed by atoms with van der Waals surface area (Å²) in [6.45, 7) is 6.82. The fourth-order valence-electron chi connectivity index (χ4n) is 0.697. The lowest BCUT2D eigenvalue weighted by atomic mass is 9.91. The fraction of sp³-hybridized carbons (Fsp3) is 0.778. The Labute approximate surface area is 72.8 Å². The van der Waals surface area contributed by atoms with E-state index in [1.807, 2.05) is 0 Å². The zero-order valence-electron chi connectivity index (χ0n) is 7.15. The van der Waals surface area contributed by atoms with Crippen LogP contribution in [0.4, 0.5) is 0 Å². The van der Waals surface area contributed by atoms with Crippen molar-refractivity contribution in [2.75, 3.05) is 5.33 Å². The molecule has 0 N–H and O–H groups in total. The van der Waals surface area contributed by atoms with Crippen molar-refractivity contribution in [1.82, 2.24) is 0 Å². The smallest absolute Gasteiger partial charge is 0.0212 e. The van der Waals surface area contributed by atoms with Gasteiger partial charge in [0.2, 0.25) is 0 Å². The van der Waals surface area contributed by atoms with Gasteiger partial charge in [0.25, 0.3) is 0 Å². The summed E-state index contributed by atoms with van der Waals surface area (Å²) in [4.78, 5) is 0. The van der Waals surface area contributed by atoms with Crippen LogP contribution in [0.15, 0.2) is 12.2 Å². The van der Waals surface area contributed by atoms with Gasteiger partial charge in [-0.3, -0.25) is 0 Å². The summed E-state index contributed by atoms with van der Waals surface area (Å²) >= 11 is 3.34. The van der Waals surface area contributed by atoms with Crippen LogP contribution in [0.3, 0.4) is 0 Å². The van der Waals surface area contributed by atoms with Crippen LogP contribution in [0.1, 0.15) is 33.6 Å². The number of rotatable bonds is 3. The van der Waals surface area contributed by atoms with Crippen LogP contribution in [0.25, 0.3) is 0 Å². The molecule has 0 atom stereocenters. The van der Waals surface area contributed by atoms with Gasteiger partial charge in [-0.2, -0.15) is 0 Å². The first-order valence-corrected chi connectivity index (χ1v) is 4.89. The lowest BCUT2D eigenvalue weighted by Crippen LogP contribution is -2.02. The van der Waals surface area contributed by atoms with Crippen LogP contribution in [0.2, 0.25) is 0 Å². The second-order valence-corrected chi connectivity index (χ2v) is 4.37. The topological polar surface area (TPSA) is 0 Å². The summed E-state index contributed by atoms with van der Waals surface area (Å²) in [5, 5.41) is 0.983. The zero-order valence-corrected chi connectivity index (χ0v) is 8.74. The van der Waals surface area contributed by atoms with Gasteiger partial charge < -0.3 is 0 Å². The van der Waals surface area contributed by atoms with Gasteiger partial charge in [0.05, 0.1) is 0 Å². The molecule has 0 radical (unpaired) electrons. The van der Waals surface area contributed by atoms with E-state index in [9.17, 15) is 0 Å². The highest BCUT2D eigenvalue weighted by atomic mass is 79.9. The maximum atomic E-state index is 3.34. The van der Waals surface area contributed by atoms with E-state index in [0.717, 1.165) is 5.33 Å². The van der Waals surface area contributed by atoms with E-state index in [1.54, 1.807) is 0 Å². The van der Waals surface area contributed by atoms with E-state index >= 15 is 0 Å². The van der Waals surface area contributed by atoms with Gasteiger partial charge in [-0.15, -0.1) is 0 Å². The Morgan fingerprint density at radius 1 is 1.20 bits per heavy atom. The quantitative estimate of drug-likeness (QED) is 0.486. The van der Waals surface area contributed by atoms with Crippen LogP contribution in [0.5, 0.6) is 0 Å². The Hall–Kier alpha value is 0.220. The van der Waals surface area contributed by atoms with Crippen LogP contribution in [-0.4, -0.2) is 5.33 Å². The molecule has 0 aromatic carbocycles. The van der Waals surface area contributed by atoms with Crippen LogP contribution < -0.4 is 0 Å². The van der Waals surface area contributed by atoms with Gasteiger partial charge in [-0.25, -0.2) is 0 Å². The third kappa shape index (κ3) is 8.22. The number of hydrogen-bond acceptors (Lipinski definition) is 0. The maximum Gasteiger partial charge on any atom is 0.0212 e. The minimum Gasteiger partial charge on any atom is -0.0883 e. The molecule has 0 fully saturated rings. The van der Waals surface area contributed by atoms with Crippen molar-refractivity contribution in [3.05, 3.63) is 12.2 Å². The molecule has 0 amide bonds. The monoisotopic (exact) mass is 204 g/mol. The van der Waals surface area contributed by atoms with Gasteiger partial charge in [-0.1, -0.05) is 48.9 Å². The molecule has 0 nitrogen and oxygen atoms in total. The summed E-state index contributed by atoms with van der Waals surface area (Å²) in [6, 6.07) is 0. The second kappa shape index (κ2) is 4.95. The molecule has 0 saturated heterocycles. The molecular formula is C9H17Br. The van der Waals surface area contributed by atoms with E-state index in [1.165, 1.54) is 12.8 Å². The standard InChI is InChI=1S/C9H17Br/c1-9(2,3)7-5-4-6-8-10/h4,6H,5,7-8H2,1-3H3. The lowest BCUT2D eigenvalue weighted by Gasteiger charge is -2.15. The van der Waals surface area contributed by atoms with Gasteiger partial charge in [0.1, 0.15) is 0 Å². The summed E-state index contributed by atoms with van der Waals surface area (Å²) in [5.41, 5.74) is 0.483. The van der Waals surface area contributed by atoms with Crippen LogP contribution in [-0.2, 0) is 0 Å². The molecule has 0 bridgehead atoms. The predicted octanol–water partition coefficient (Wildman–Crippen LogP) is 3.76. The van der Waals surface area contributed by atoms with Crippen molar-refractivity contribution in [2.45, 2.75) is 33.6 Å². The number of alkyl halides is 1. The molecule has 0 aliphatic carbocycles. The largest absolute Gasteiger partial charge is 0.0883 e. The van der Waals surface area contributed by atoms with Crippen LogP contribution >= 0.6 is 15.9 Å². The average molecular weight is 205 g/mol. The Morgan fingerprint density at radius 2 is 1.80 bits per heavy atom. The highest BCUT2D eigenvalue weighted by Gasteiger charge is 2.06. The van der Waals surface area contributed by atoms with E-state index < -0.39 is 0 Å². The van der Waals surface area contributed by atoms with Crippen molar-refractivity contribution in [3.63, 3.8) is 0 Å². The van der Waals surface area contributed by atoms with Crippen molar-refractivity contribution < 1.29 is 0 Å². The number of allylic oxidation sites excluding steroid dienone is 2. The summed E-state index contributed by atoms with van der Waals surface area (Å²) in [6.07, 6.45) is 6.87. The fourth-order valence-corrected chi connectivity index (χ4v) is 0.962. The van der Waals surface area contributed by atoms with Gasteiger partial charge in [0, 0.05) is 5.33 Å². The van der Waals surface area contributed by atoms with Crippen molar-refractivity contribution >= 4 is 15.9 Å². The number of halogens is 1. The Balaban J connectivity index is 3.28. The molecule has 0 saturated carbocycles. The summed E-state index contributed by atoms with van der Waals surface area (Å²) in [5.74, 6) is 0. The molecule has 10 heavy (non-hydrogen) atoms. The third-order valence-corrected chi connectivity index (χ3v) is 1.69. The molecule has 0 rings (SSSR count). The first-order valence-electron chi connectivity index (χ1n) is 3.77. The van der Waals surface area contributed by atoms with E-state index in [0.29, 0.717) is 5.41 Å². The minimum atomic E-state index is 0.483. The minimum absolute atomic E-state index is 0.483. The molecule has 0 heterocycles. The Bertz CT molecular complexity index is 97.8. The highest BCUT2D eigenvalue weighted by molar-refractivity contribution is 9.09. The van der Waals surface area contributed by atoms with Gasteiger partial charge in [-0.05, 0) is 18.3 Å². The van der Waals surface area contributed by atoms with Crippen molar-refractivity contribution in [3.8, 4) is 0 Å². The van der Waals surface area contributed by atoms with E-state index in [2.05, 4.69) is 48.9 Å². The van der Waals surface area contributed by atoms with Gasteiger partial charge in [0.15, 0.2) is 0 Å². The Kier molecular flexibility index (Phi) is 5.06. The van der Waals surface area contributed by atoms with Crippen molar-refractivity contribution in [2.24, 2.45) is 5.41 Å². The number of hydrogen-bond donors (Lipinski definition) is 0. The molecule has 1 heteroatoms. The lowest BCUT2D eigenvalue weighted by molar-refractivity contribution is 0.381. The summed E-state index contributed by atoms with van der Waals surface area (Å²) < 4.78 is 0. The molecule has 60 valence electrons. The summed E-state index contributed by atoms with van der Waals surface area (Å²) in [7, 11) is 0. The van der Waals surface area contributed by atoms with E-state index in [-0.39, 0.29) is 0 Å². The zero-order chi connectivity index (χ0) is 8.04.